The predicted molar refractivity (Wildman–Crippen MR) is 73.9 cm³/mol. The molecule has 0 saturated heterocycles. The third kappa shape index (κ3) is 3.53. The standard InChI is InChI=1S/C13H16N2O2S/c1-17-8-11(16)7-14-13-15-12(9-18-13)10-5-3-2-4-6-10/h2-6,9,11,16H,7-8H2,1H3,(H,14,15). The first-order valence-electron chi connectivity index (χ1n) is 5.71. The van der Waals surface area contributed by atoms with Crippen LogP contribution in [0.2, 0.25) is 0 Å². The maximum absolute atomic E-state index is 9.52. The van der Waals surface area contributed by atoms with Gasteiger partial charge >= 0.3 is 0 Å². The molecule has 96 valence electrons. The fourth-order valence-corrected chi connectivity index (χ4v) is 2.28. The van der Waals surface area contributed by atoms with Crippen molar-refractivity contribution in [2.24, 2.45) is 0 Å². The zero-order valence-electron chi connectivity index (χ0n) is 10.2. The smallest absolute Gasteiger partial charge is 0.183 e. The summed E-state index contributed by atoms with van der Waals surface area (Å²) in [6.45, 7) is 0.763. The van der Waals surface area contributed by atoms with E-state index < -0.39 is 6.10 Å². The van der Waals surface area contributed by atoms with Gasteiger partial charge in [-0.05, 0) is 0 Å². The fourth-order valence-electron chi connectivity index (χ4n) is 1.55. The molecule has 0 bridgehead atoms. The Morgan fingerprint density at radius 1 is 1.39 bits per heavy atom. The SMILES string of the molecule is COCC(O)CNc1nc(-c2ccccc2)cs1. The van der Waals surface area contributed by atoms with E-state index in [4.69, 9.17) is 4.74 Å². The van der Waals surface area contributed by atoms with Gasteiger partial charge in [0.05, 0.1) is 18.4 Å². The van der Waals surface area contributed by atoms with Crippen LogP contribution in [-0.2, 0) is 4.74 Å². The number of rotatable bonds is 6. The summed E-state index contributed by atoms with van der Waals surface area (Å²) in [5.41, 5.74) is 2.04. The quantitative estimate of drug-likeness (QED) is 0.840. The van der Waals surface area contributed by atoms with Crippen molar-refractivity contribution in [2.75, 3.05) is 25.6 Å². The summed E-state index contributed by atoms with van der Waals surface area (Å²) in [4.78, 5) is 4.47. The molecule has 0 aliphatic heterocycles. The Morgan fingerprint density at radius 3 is 2.89 bits per heavy atom. The lowest BCUT2D eigenvalue weighted by molar-refractivity contribution is 0.0727. The molecule has 0 fully saturated rings. The second-order valence-corrected chi connectivity index (χ2v) is 4.75. The van der Waals surface area contributed by atoms with Crippen molar-refractivity contribution in [1.29, 1.82) is 0 Å². The molecule has 0 saturated carbocycles. The van der Waals surface area contributed by atoms with Gasteiger partial charge in [0.25, 0.3) is 0 Å². The van der Waals surface area contributed by atoms with Crippen molar-refractivity contribution in [1.82, 2.24) is 4.98 Å². The molecular weight excluding hydrogens is 248 g/mol. The average molecular weight is 264 g/mol. The van der Waals surface area contributed by atoms with E-state index in [0.717, 1.165) is 16.4 Å². The predicted octanol–water partition coefficient (Wildman–Crippen LogP) is 2.23. The highest BCUT2D eigenvalue weighted by atomic mass is 32.1. The summed E-state index contributed by atoms with van der Waals surface area (Å²) in [7, 11) is 1.57. The van der Waals surface area contributed by atoms with E-state index in [9.17, 15) is 5.11 Å². The van der Waals surface area contributed by atoms with Crippen LogP contribution in [0, 0.1) is 0 Å². The van der Waals surface area contributed by atoms with Gasteiger partial charge in [-0.1, -0.05) is 30.3 Å². The monoisotopic (exact) mass is 264 g/mol. The van der Waals surface area contributed by atoms with Crippen molar-refractivity contribution in [3.63, 3.8) is 0 Å². The van der Waals surface area contributed by atoms with Crippen LogP contribution in [0.3, 0.4) is 0 Å². The molecule has 2 aromatic rings. The van der Waals surface area contributed by atoms with Gasteiger partial charge in [0.2, 0.25) is 0 Å². The molecule has 1 aromatic heterocycles. The van der Waals surface area contributed by atoms with Crippen molar-refractivity contribution >= 4 is 16.5 Å². The van der Waals surface area contributed by atoms with E-state index >= 15 is 0 Å². The molecule has 0 radical (unpaired) electrons. The summed E-state index contributed by atoms with van der Waals surface area (Å²) in [5, 5.41) is 15.4. The van der Waals surface area contributed by atoms with Crippen LogP contribution in [0.4, 0.5) is 5.13 Å². The van der Waals surface area contributed by atoms with Gasteiger partial charge in [-0.15, -0.1) is 11.3 Å². The lowest BCUT2D eigenvalue weighted by atomic mass is 10.2. The number of aliphatic hydroxyl groups is 1. The number of thiazole rings is 1. The molecule has 1 aromatic carbocycles. The first-order valence-corrected chi connectivity index (χ1v) is 6.59. The molecule has 18 heavy (non-hydrogen) atoms. The topological polar surface area (TPSA) is 54.4 Å². The maximum Gasteiger partial charge on any atom is 0.183 e. The molecule has 0 aliphatic carbocycles. The summed E-state index contributed by atoms with van der Waals surface area (Å²) in [5.74, 6) is 0. The second-order valence-electron chi connectivity index (χ2n) is 3.89. The van der Waals surface area contributed by atoms with E-state index in [-0.39, 0.29) is 0 Å². The fraction of sp³-hybridized carbons (Fsp3) is 0.308. The number of methoxy groups -OCH3 is 1. The van der Waals surface area contributed by atoms with Gasteiger partial charge in [0.15, 0.2) is 5.13 Å². The lowest BCUT2D eigenvalue weighted by Crippen LogP contribution is -2.24. The number of anilines is 1. The molecule has 1 unspecified atom stereocenters. The summed E-state index contributed by atoms with van der Waals surface area (Å²) in [6.07, 6.45) is -0.515. The van der Waals surface area contributed by atoms with E-state index in [0.29, 0.717) is 13.2 Å². The third-order valence-electron chi connectivity index (χ3n) is 2.42. The summed E-state index contributed by atoms with van der Waals surface area (Å²) in [6, 6.07) is 10.0. The van der Waals surface area contributed by atoms with Gasteiger partial charge in [0, 0.05) is 24.6 Å². The number of nitrogens with one attached hydrogen (secondary N) is 1. The minimum Gasteiger partial charge on any atom is -0.389 e. The minimum absolute atomic E-state index is 0.323. The zero-order chi connectivity index (χ0) is 12.8. The van der Waals surface area contributed by atoms with Gasteiger partial charge < -0.3 is 15.2 Å². The van der Waals surface area contributed by atoms with Crippen molar-refractivity contribution < 1.29 is 9.84 Å². The van der Waals surface area contributed by atoms with Crippen LogP contribution < -0.4 is 5.32 Å². The van der Waals surface area contributed by atoms with E-state index in [1.54, 1.807) is 7.11 Å². The largest absolute Gasteiger partial charge is 0.389 e. The van der Waals surface area contributed by atoms with Crippen LogP contribution >= 0.6 is 11.3 Å². The molecule has 5 heteroatoms. The number of aromatic nitrogens is 1. The van der Waals surface area contributed by atoms with Gasteiger partial charge in [0.1, 0.15) is 0 Å². The highest BCUT2D eigenvalue weighted by Gasteiger charge is 2.06. The Balaban J connectivity index is 1.95. The van der Waals surface area contributed by atoms with Crippen LogP contribution in [0.25, 0.3) is 11.3 Å². The Bertz CT molecular complexity index is 473. The van der Waals surface area contributed by atoms with E-state index in [2.05, 4.69) is 10.3 Å². The highest BCUT2D eigenvalue weighted by molar-refractivity contribution is 7.14. The number of aliphatic hydroxyl groups excluding tert-OH is 1. The van der Waals surface area contributed by atoms with Gasteiger partial charge in [-0.2, -0.15) is 0 Å². The molecule has 0 amide bonds. The Kier molecular flexibility index (Phi) is 4.69. The Labute approximate surface area is 110 Å². The molecule has 0 aliphatic rings. The first kappa shape index (κ1) is 13.0. The molecule has 2 rings (SSSR count). The van der Waals surface area contributed by atoms with Gasteiger partial charge in [-0.3, -0.25) is 0 Å². The molecule has 1 atom stereocenters. The molecule has 2 N–H and O–H groups in total. The normalized spacial score (nSPS) is 12.3. The summed E-state index contributed by atoms with van der Waals surface area (Å²) >= 11 is 1.53. The van der Waals surface area contributed by atoms with Crippen LogP contribution in [0.15, 0.2) is 35.7 Å². The van der Waals surface area contributed by atoms with Crippen molar-refractivity contribution in [2.45, 2.75) is 6.10 Å². The second kappa shape index (κ2) is 6.49. The average Bonchev–Trinajstić information content (AvgIpc) is 2.87. The number of ether oxygens (including phenoxy) is 1. The molecule has 4 nitrogen and oxygen atoms in total. The molecule has 1 heterocycles. The Morgan fingerprint density at radius 2 is 2.17 bits per heavy atom. The Hall–Kier alpha value is -1.43. The van der Waals surface area contributed by atoms with E-state index in [1.165, 1.54) is 11.3 Å². The lowest BCUT2D eigenvalue weighted by Gasteiger charge is -2.09. The van der Waals surface area contributed by atoms with Crippen molar-refractivity contribution in [3.8, 4) is 11.3 Å². The van der Waals surface area contributed by atoms with Gasteiger partial charge in [-0.25, -0.2) is 4.98 Å². The zero-order valence-corrected chi connectivity index (χ0v) is 11.0. The summed E-state index contributed by atoms with van der Waals surface area (Å²) < 4.78 is 4.86. The minimum atomic E-state index is -0.515. The highest BCUT2D eigenvalue weighted by Crippen LogP contribution is 2.24. The van der Waals surface area contributed by atoms with E-state index in [1.807, 2.05) is 35.7 Å². The van der Waals surface area contributed by atoms with Crippen molar-refractivity contribution in [3.05, 3.63) is 35.7 Å². The maximum atomic E-state index is 9.52. The third-order valence-corrected chi connectivity index (χ3v) is 3.22. The van der Waals surface area contributed by atoms with Crippen LogP contribution in [0.1, 0.15) is 0 Å². The number of nitrogens with zero attached hydrogens (tertiary/aromatic N) is 1. The number of hydrogen-bond donors (Lipinski definition) is 2. The number of benzene rings is 1. The first-order chi connectivity index (χ1) is 8.79. The number of hydrogen-bond acceptors (Lipinski definition) is 5. The van der Waals surface area contributed by atoms with Crippen LogP contribution in [-0.4, -0.2) is 36.5 Å². The molecular formula is C13H16N2O2S. The molecule has 0 spiro atoms. The van der Waals surface area contributed by atoms with Crippen LogP contribution in [0.5, 0.6) is 0 Å².